The number of non-ortho nitro benzene ring substituents is 1. The number of nitrogens with zero attached hydrogens (tertiary/aromatic N) is 2. The molecule has 0 unspecified atom stereocenters. The maximum atomic E-state index is 13.0. The SMILES string of the molecule is CCOC(=O)C1=C(C)N(c2ccc(C)cc2)C(=O)C[C@H]1C(=O)Nc1ccc([N+](=O)[O-])cc1. The lowest BCUT2D eigenvalue weighted by Gasteiger charge is -2.33. The van der Waals surface area contributed by atoms with Gasteiger partial charge in [0.05, 0.1) is 23.0 Å². The summed E-state index contributed by atoms with van der Waals surface area (Å²) < 4.78 is 5.17. The Balaban J connectivity index is 1.95. The lowest BCUT2D eigenvalue weighted by Crippen LogP contribution is -2.43. The van der Waals surface area contributed by atoms with Crippen molar-refractivity contribution in [2.75, 3.05) is 16.8 Å². The second-order valence-corrected chi connectivity index (χ2v) is 7.33. The number of ether oxygens (including phenoxy) is 1. The van der Waals surface area contributed by atoms with Crippen LogP contribution in [0.3, 0.4) is 0 Å². The van der Waals surface area contributed by atoms with E-state index in [9.17, 15) is 24.5 Å². The smallest absolute Gasteiger partial charge is 0.336 e. The number of benzene rings is 2. The highest BCUT2D eigenvalue weighted by molar-refractivity contribution is 6.10. The molecule has 3 rings (SSSR count). The molecule has 2 aromatic rings. The molecular formula is C23H23N3O6. The van der Waals surface area contributed by atoms with Crippen LogP contribution in [0.25, 0.3) is 0 Å². The zero-order chi connectivity index (χ0) is 23.4. The molecule has 1 aliphatic heterocycles. The molecule has 0 spiro atoms. The number of aryl methyl sites for hydroxylation is 1. The van der Waals surface area contributed by atoms with Crippen LogP contribution in [0.2, 0.25) is 0 Å². The molecular weight excluding hydrogens is 414 g/mol. The molecule has 32 heavy (non-hydrogen) atoms. The van der Waals surface area contributed by atoms with Crippen LogP contribution in [0.1, 0.15) is 25.8 Å². The number of rotatable bonds is 6. The van der Waals surface area contributed by atoms with Gasteiger partial charge in [0.25, 0.3) is 5.69 Å². The van der Waals surface area contributed by atoms with Crippen LogP contribution in [0.4, 0.5) is 17.1 Å². The molecule has 2 aromatic carbocycles. The van der Waals surface area contributed by atoms with Crippen molar-refractivity contribution in [1.82, 2.24) is 0 Å². The Hall–Kier alpha value is -4.01. The van der Waals surface area contributed by atoms with Crippen LogP contribution in [-0.2, 0) is 19.1 Å². The predicted octanol–water partition coefficient (Wildman–Crippen LogP) is 3.73. The van der Waals surface area contributed by atoms with E-state index < -0.39 is 22.7 Å². The summed E-state index contributed by atoms with van der Waals surface area (Å²) in [6, 6.07) is 12.6. The standard InChI is InChI=1S/C23H23N3O6/c1-4-32-23(29)21-15(3)25(17-9-5-14(2)6-10-17)20(27)13-19(21)22(28)24-16-7-11-18(12-8-16)26(30)31/h5-12,19H,4,13H2,1-3H3,(H,24,28)/t19-/m1/s1. The number of carbonyl (C=O) groups excluding carboxylic acids is 3. The molecule has 2 amide bonds. The topological polar surface area (TPSA) is 119 Å². The number of esters is 1. The highest BCUT2D eigenvalue weighted by Crippen LogP contribution is 2.34. The van der Waals surface area contributed by atoms with Crippen LogP contribution in [-0.4, -0.2) is 29.3 Å². The average Bonchev–Trinajstić information content (AvgIpc) is 2.75. The number of nitrogens with one attached hydrogen (secondary N) is 1. The molecule has 0 aliphatic carbocycles. The van der Waals surface area contributed by atoms with Gasteiger partial charge in [-0.15, -0.1) is 0 Å². The van der Waals surface area contributed by atoms with Gasteiger partial charge in [0.15, 0.2) is 0 Å². The predicted molar refractivity (Wildman–Crippen MR) is 118 cm³/mol. The summed E-state index contributed by atoms with van der Waals surface area (Å²) >= 11 is 0. The number of amides is 2. The number of allylic oxidation sites excluding steroid dienone is 1. The molecule has 1 heterocycles. The fraction of sp³-hybridized carbons (Fsp3) is 0.261. The first-order valence-corrected chi connectivity index (χ1v) is 10.1. The first kappa shape index (κ1) is 22.7. The van der Waals surface area contributed by atoms with E-state index in [1.807, 2.05) is 19.1 Å². The lowest BCUT2D eigenvalue weighted by atomic mass is 9.88. The van der Waals surface area contributed by atoms with Gasteiger partial charge in [-0.1, -0.05) is 17.7 Å². The third-order valence-corrected chi connectivity index (χ3v) is 5.15. The van der Waals surface area contributed by atoms with Gasteiger partial charge in [0.2, 0.25) is 11.8 Å². The summed E-state index contributed by atoms with van der Waals surface area (Å²) in [5.41, 5.74) is 2.24. The molecule has 0 fully saturated rings. The number of hydrogen-bond acceptors (Lipinski definition) is 6. The van der Waals surface area contributed by atoms with Gasteiger partial charge in [-0.3, -0.25) is 24.6 Å². The summed E-state index contributed by atoms with van der Waals surface area (Å²) in [5, 5.41) is 13.5. The maximum Gasteiger partial charge on any atom is 0.336 e. The molecule has 0 aromatic heterocycles. The lowest BCUT2D eigenvalue weighted by molar-refractivity contribution is -0.384. The van der Waals surface area contributed by atoms with E-state index in [-0.39, 0.29) is 30.2 Å². The molecule has 9 nitrogen and oxygen atoms in total. The molecule has 1 aliphatic rings. The first-order chi connectivity index (χ1) is 15.2. The summed E-state index contributed by atoms with van der Waals surface area (Å²) in [6.45, 7) is 5.30. The zero-order valence-electron chi connectivity index (χ0n) is 18.0. The van der Waals surface area contributed by atoms with E-state index in [0.29, 0.717) is 17.1 Å². The third-order valence-electron chi connectivity index (χ3n) is 5.15. The largest absolute Gasteiger partial charge is 0.463 e. The van der Waals surface area contributed by atoms with Crippen LogP contribution in [0.15, 0.2) is 59.8 Å². The van der Waals surface area contributed by atoms with E-state index in [1.54, 1.807) is 26.0 Å². The van der Waals surface area contributed by atoms with E-state index in [4.69, 9.17) is 4.74 Å². The Labute approximate surface area is 184 Å². The molecule has 0 radical (unpaired) electrons. The number of nitro benzene ring substituents is 1. The van der Waals surface area contributed by atoms with Gasteiger partial charge in [0.1, 0.15) is 0 Å². The molecule has 9 heteroatoms. The van der Waals surface area contributed by atoms with Crippen molar-refractivity contribution in [3.63, 3.8) is 0 Å². The van der Waals surface area contributed by atoms with Gasteiger partial charge in [0, 0.05) is 35.6 Å². The maximum absolute atomic E-state index is 13.0. The summed E-state index contributed by atoms with van der Waals surface area (Å²) in [4.78, 5) is 50.5. The highest BCUT2D eigenvalue weighted by Gasteiger charge is 2.40. The normalized spacial score (nSPS) is 16.0. The van der Waals surface area contributed by atoms with Gasteiger partial charge < -0.3 is 10.1 Å². The third kappa shape index (κ3) is 4.66. The highest BCUT2D eigenvalue weighted by atomic mass is 16.6. The van der Waals surface area contributed by atoms with E-state index in [0.717, 1.165) is 5.56 Å². The molecule has 1 atom stereocenters. The Morgan fingerprint density at radius 3 is 2.31 bits per heavy atom. The van der Waals surface area contributed by atoms with Gasteiger partial charge in [-0.25, -0.2) is 4.79 Å². The quantitative estimate of drug-likeness (QED) is 0.418. The first-order valence-electron chi connectivity index (χ1n) is 10.1. The molecule has 166 valence electrons. The van der Waals surface area contributed by atoms with Gasteiger partial charge in [-0.05, 0) is 45.0 Å². The second-order valence-electron chi connectivity index (χ2n) is 7.33. The van der Waals surface area contributed by atoms with Crippen LogP contribution < -0.4 is 10.2 Å². The number of nitro groups is 1. The number of anilines is 2. The summed E-state index contributed by atoms with van der Waals surface area (Å²) in [5.74, 6) is -2.63. The minimum absolute atomic E-state index is 0.103. The van der Waals surface area contributed by atoms with Crippen molar-refractivity contribution in [3.05, 3.63) is 75.5 Å². The Morgan fingerprint density at radius 2 is 1.75 bits per heavy atom. The number of hydrogen-bond donors (Lipinski definition) is 1. The van der Waals surface area contributed by atoms with Crippen LogP contribution in [0, 0.1) is 23.0 Å². The second kappa shape index (κ2) is 9.42. The Kier molecular flexibility index (Phi) is 6.67. The van der Waals surface area contributed by atoms with Crippen molar-refractivity contribution in [2.24, 2.45) is 5.92 Å². The van der Waals surface area contributed by atoms with Crippen molar-refractivity contribution in [1.29, 1.82) is 0 Å². The summed E-state index contributed by atoms with van der Waals surface area (Å²) in [6.07, 6.45) is -0.224. The minimum Gasteiger partial charge on any atom is -0.463 e. The Morgan fingerprint density at radius 1 is 1.12 bits per heavy atom. The van der Waals surface area contributed by atoms with Crippen molar-refractivity contribution >= 4 is 34.8 Å². The fourth-order valence-electron chi connectivity index (χ4n) is 3.58. The van der Waals surface area contributed by atoms with E-state index in [2.05, 4.69) is 5.32 Å². The molecule has 0 bridgehead atoms. The fourth-order valence-corrected chi connectivity index (χ4v) is 3.58. The summed E-state index contributed by atoms with van der Waals surface area (Å²) in [7, 11) is 0. The molecule has 0 saturated carbocycles. The number of carbonyl (C=O) groups is 3. The monoisotopic (exact) mass is 437 g/mol. The van der Waals surface area contributed by atoms with Gasteiger partial charge in [-0.2, -0.15) is 0 Å². The molecule has 1 N–H and O–H groups in total. The van der Waals surface area contributed by atoms with Gasteiger partial charge >= 0.3 is 5.97 Å². The van der Waals surface area contributed by atoms with E-state index >= 15 is 0 Å². The molecule has 0 saturated heterocycles. The van der Waals surface area contributed by atoms with Crippen LogP contribution in [0.5, 0.6) is 0 Å². The van der Waals surface area contributed by atoms with Crippen molar-refractivity contribution in [3.8, 4) is 0 Å². The van der Waals surface area contributed by atoms with Crippen LogP contribution >= 0.6 is 0 Å². The van der Waals surface area contributed by atoms with E-state index in [1.165, 1.54) is 29.2 Å². The Bertz CT molecular complexity index is 1090. The van der Waals surface area contributed by atoms with Crippen molar-refractivity contribution < 1.29 is 24.0 Å². The average molecular weight is 437 g/mol. The van der Waals surface area contributed by atoms with Crippen molar-refractivity contribution in [2.45, 2.75) is 27.2 Å². The minimum atomic E-state index is -1.06. The zero-order valence-corrected chi connectivity index (χ0v) is 18.0.